The second-order valence-electron chi connectivity index (χ2n) is 10.6. The van der Waals surface area contributed by atoms with Crippen LogP contribution in [0.3, 0.4) is 0 Å². The van der Waals surface area contributed by atoms with Crippen LogP contribution in [0.5, 0.6) is 0 Å². The molecule has 2 aliphatic rings. The Morgan fingerprint density at radius 2 is 1.88 bits per heavy atom. The molecule has 2 heterocycles. The molecule has 0 spiro atoms. The summed E-state index contributed by atoms with van der Waals surface area (Å²) in [4.78, 5) is 46.2. The third-order valence-corrected chi connectivity index (χ3v) is 7.85. The number of nitrogens with zero attached hydrogens (tertiary/aromatic N) is 2. The molecule has 0 aromatic heterocycles. The van der Waals surface area contributed by atoms with Crippen molar-refractivity contribution in [3.05, 3.63) is 70.7 Å². The number of esters is 2. The van der Waals surface area contributed by atoms with Crippen LogP contribution in [0.2, 0.25) is 5.02 Å². The van der Waals surface area contributed by atoms with Crippen molar-refractivity contribution in [2.24, 2.45) is 4.99 Å². The number of hydrogen-bond acceptors (Lipinski definition) is 9. The van der Waals surface area contributed by atoms with E-state index < -0.39 is 47.7 Å². The van der Waals surface area contributed by atoms with Crippen molar-refractivity contribution in [1.82, 2.24) is 10.2 Å². The molecule has 42 heavy (non-hydrogen) atoms. The quantitative estimate of drug-likeness (QED) is 0.369. The van der Waals surface area contributed by atoms with Gasteiger partial charge >= 0.3 is 11.9 Å². The van der Waals surface area contributed by atoms with Crippen LogP contribution in [0.15, 0.2) is 59.6 Å². The molecule has 226 valence electrons. The van der Waals surface area contributed by atoms with Crippen molar-refractivity contribution in [2.75, 3.05) is 27.3 Å². The van der Waals surface area contributed by atoms with Crippen molar-refractivity contribution in [3.8, 4) is 0 Å². The van der Waals surface area contributed by atoms with E-state index in [9.17, 15) is 14.4 Å². The molecule has 10 nitrogen and oxygen atoms in total. The minimum absolute atomic E-state index is 0.0330. The van der Waals surface area contributed by atoms with E-state index in [2.05, 4.69) is 5.32 Å². The zero-order valence-electron chi connectivity index (χ0n) is 24.4. The van der Waals surface area contributed by atoms with Crippen molar-refractivity contribution in [1.29, 1.82) is 0 Å². The van der Waals surface area contributed by atoms with E-state index in [1.165, 1.54) is 7.11 Å². The van der Waals surface area contributed by atoms with E-state index in [1.807, 2.05) is 36.4 Å². The van der Waals surface area contributed by atoms with Gasteiger partial charge in [0.15, 0.2) is 5.54 Å². The minimum Gasteiger partial charge on any atom is -0.476 e. The summed E-state index contributed by atoms with van der Waals surface area (Å²) < 4.78 is 22.9. The largest absolute Gasteiger partial charge is 0.476 e. The lowest BCUT2D eigenvalue weighted by Gasteiger charge is -2.31. The lowest BCUT2D eigenvalue weighted by Crippen LogP contribution is -2.52. The van der Waals surface area contributed by atoms with Crippen LogP contribution in [0.4, 0.5) is 0 Å². The van der Waals surface area contributed by atoms with Gasteiger partial charge in [0.2, 0.25) is 12.0 Å². The summed E-state index contributed by atoms with van der Waals surface area (Å²) in [7, 11) is 2.95. The summed E-state index contributed by atoms with van der Waals surface area (Å²) in [6.07, 6.45) is -0.458. The topological polar surface area (TPSA) is 116 Å². The Hall–Kier alpha value is -3.47. The van der Waals surface area contributed by atoms with E-state index in [1.54, 1.807) is 44.0 Å². The summed E-state index contributed by atoms with van der Waals surface area (Å²) in [6.45, 7) is 3.99. The van der Waals surface area contributed by atoms with E-state index in [4.69, 9.17) is 35.5 Å². The average molecular weight is 600 g/mol. The van der Waals surface area contributed by atoms with Crippen LogP contribution < -0.4 is 5.32 Å². The molecule has 5 atom stereocenters. The maximum absolute atomic E-state index is 14.0. The van der Waals surface area contributed by atoms with Gasteiger partial charge in [0.1, 0.15) is 24.8 Å². The first kappa shape index (κ1) is 31.5. The normalized spacial score (nSPS) is 22.1. The van der Waals surface area contributed by atoms with Gasteiger partial charge in [-0.1, -0.05) is 54.1 Å². The first-order chi connectivity index (χ1) is 20.2. The highest BCUT2D eigenvalue weighted by Crippen LogP contribution is 2.32. The molecular formula is C31H38ClN3O7. The molecule has 0 unspecified atom stereocenters. The van der Waals surface area contributed by atoms with Crippen LogP contribution in [0.25, 0.3) is 0 Å². The highest BCUT2D eigenvalue weighted by Gasteiger charge is 2.49. The first-order valence-corrected chi connectivity index (χ1v) is 14.4. The van der Waals surface area contributed by atoms with Crippen molar-refractivity contribution < 1.29 is 33.3 Å². The van der Waals surface area contributed by atoms with Crippen LogP contribution >= 0.6 is 11.6 Å². The molecule has 2 aliphatic heterocycles. The molecule has 11 heteroatoms. The highest BCUT2D eigenvalue weighted by atomic mass is 35.5. The minimum atomic E-state index is -1.31. The van der Waals surface area contributed by atoms with Crippen LogP contribution in [-0.4, -0.2) is 85.8 Å². The fraction of sp³-hybridized carbons (Fsp3) is 0.484. The number of likely N-dealkylation sites (tertiary alicyclic amines) is 1. The summed E-state index contributed by atoms with van der Waals surface area (Å²) >= 11 is 6.18. The number of rotatable bonds is 12. The number of halogens is 1. The summed E-state index contributed by atoms with van der Waals surface area (Å²) in [5.74, 6) is -1.24. The Labute approximate surface area is 251 Å². The number of amides is 1. The molecule has 4 rings (SSSR count). The number of hydrogen-bond donors (Lipinski definition) is 1. The van der Waals surface area contributed by atoms with Gasteiger partial charge in [0.25, 0.3) is 5.91 Å². The fourth-order valence-corrected chi connectivity index (χ4v) is 5.33. The molecule has 2 aromatic carbocycles. The van der Waals surface area contributed by atoms with E-state index in [0.717, 1.165) is 11.1 Å². The molecule has 1 fully saturated rings. The number of methoxy groups -OCH3 is 1. The van der Waals surface area contributed by atoms with Gasteiger partial charge in [-0.15, -0.1) is 0 Å². The predicted octanol–water partition coefficient (Wildman–Crippen LogP) is 3.34. The Bertz CT molecular complexity index is 1290. The lowest BCUT2D eigenvalue weighted by atomic mass is 9.92. The standard InChI is InChI=1S/C31H38ClN3O7/c1-20(33-3)29(37)42-26(21(2)40-18-22-10-6-5-7-11-22)28(36)35-15-9-14-25(35)27-34-31(19-41-27,30(38)39-4)17-23-12-8-13-24(32)16-23/h5-8,10-13,16,20-21,25-26,33H,9,14-15,17-19H2,1-4H3/t20-,21+,25-,26-,31+/m0/s1. The zero-order valence-corrected chi connectivity index (χ0v) is 25.1. The van der Waals surface area contributed by atoms with Crippen molar-refractivity contribution in [3.63, 3.8) is 0 Å². The Morgan fingerprint density at radius 1 is 1.14 bits per heavy atom. The number of benzene rings is 2. The predicted molar refractivity (Wildman–Crippen MR) is 157 cm³/mol. The SMILES string of the molecule is CN[C@@H](C)C(=O)O[C@H](C(=O)N1CCC[C@H]1C1=N[C@@](Cc2cccc(Cl)c2)(C(=O)OC)CO1)[C@@H](C)OCc1ccccc1. The Balaban J connectivity index is 1.57. The molecule has 1 N–H and O–H groups in total. The lowest BCUT2D eigenvalue weighted by molar-refractivity contribution is -0.171. The zero-order chi connectivity index (χ0) is 30.3. The van der Waals surface area contributed by atoms with Crippen molar-refractivity contribution >= 4 is 35.3 Å². The number of nitrogens with one attached hydrogen (secondary N) is 1. The molecule has 0 radical (unpaired) electrons. The van der Waals surface area contributed by atoms with Gasteiger partial charge in [-0.25, -0.2) is 9.79 Å². The van der Waals surface area contributed by atoms with E-state index in [0.29, 0.717) is 24.4 Å². The number of ether oxygens (including phenoxy) is 4. The van der Waals surface area contributed by atoms with Gasteiger partial charge in [-0.3, -0.25) is 9.59 Å². The van der Waals surface area contributed by atoms with Crippen LogP contribution in [-0.2, 0) is 46.4 Å². The van der Waals surface area contributed by atoms with Gasteiger partial charge < -0.3 is 29.2 Å². The molecular weight excluding hydrogens is 562 g/mol. The maximum atomic E-state index is 14.0. The number of carbonyl (C=O) groups is 3. The monoisotopic (exact) mass is 599 g/mol. The number of aliphatic imine (C=N–C) groups is 1. The van der Waals surface area contributed by atoms with Gasteiger partial charge in [-0.2, -0.15) is 0 Å². The molecule has 0 aliphatic carbocycles. The molecule has 0 saturated carbocycles. The van der Waals surface area contributed by atoms with Gasteiger partial charge in [0, 0.05) is 18.0 Å². The average Bonchev–Trinajstić information content (AvgIpc) is 3.66. The molecule has 0 bridgehead atoms. The van der Waals surface area contributed by atoms with Gasteiger partial charge in [0.05, 0.1) is 13.7 Å². The number of carbonyl (C=O) groups excluding carboxylic acids is 3. The van der Waals surface area contributed by atoms with Crippen LogP contribution in [0.1, 0.15) is 37.8 Å². The second kappa shape index (κ2) is 14.1. The Kier molecular flexibility index (Phi) is 10.6. The number of likely N-dealkylation sites (N-methyl/N-ethyl adjacent to an activating group) is 1. The van der Waals surface area contributed by atoms with E-state index in [-0.39, 0.29) is 25.5 Å². The smallest absolute Gasteiger partial charge is 0.337 e. The summed E-state index contributed by atoms with van der Waals surface area (Å²) in [5, 5.41) is 3.39. The second-order valence-corrected chi connectivity index (χ2v) is 11.1. The molecule has 1 amide bonds. The third kappa shape index (κ3) is 7.29. The van der Waals surface area contributed by atoms with E-state index >= 15 is 0 Å². The highest BCUT2D eigenvalue weighted by molar-refractivity contribution is 6.30. The van der Waals surface area contributed by atoms with Crippen LogP contribution in [0, 0.1) is 0 Å². The third-order valence-electron chi connectivity index (χ3n) is 7.61. The fourth-order valence-electron chi connectivity index (χ4n) is 5.11. The summed E-state index contributed by atoms with van der Waals surface area (Å²) in [6, 6.07) is 15.6. The maximum Gasteiger partial charge on any atom is 0.337 e. The Morgan fingerprint density at radius 3 is 2.57 bits per heavy atom. The summed E-state index contributed by atoms with van der Waals surface area (Å²) in [5.41, 5.74) is 0.416. The molecule has 2 aromatic rings. The first-order valence-electron chi connectivity index (χ1n) is 14.1. The molecule has 1 saturated heterocycles. The van der Waals surface area contributed by atoms with Gasteiger partial charge in [-0.05, 0) is 57.0 Å². The van der Waals surface area contributed by atoms with Crippen molar-refractivity contribution in [2.45, 2.75) is 69.5 Å².